The SMILES string of the molecule is CCC(CC)CCCNC(=O)CCl. The van der Waals surface area contributed by atoms with Gasteiger partial charge in [0.05, 0.1) is 0 Å². The fraction of sp³-hybridized carbons (Fsp3) is 0.900. The first-order valence-electron chi connectivity index (χ1n) is 5.07. The van der Waals surface area contributed by atoms with Crippen LogP contribution >= 0.6 is 11.6 Å². The van der Waals surface area contributed by atoms with E-state index in [-0.39, 0.29) is 11.8 Å². The largest absolute Gasteiger partial charge is 0.355 e. The van der Waals surface area contributed by atoms with Crippen LogP contribution in [0.5, 0.6) is 0 Å². The lowest BCUT2D eigenvalue weighted by Crippen LogP contribution is -2.25. The molecule has 0 fully saturated rings. The van der Waals surface area contributed by atoms with E-state index in [0.717, 1.165) is 18.9 Å². The van der Waals surface area contributed by atoms with Crippen molar-refractivity contribution in [3.63, 3.8) is 0 Å². The zero-order valence-electron chi connectivity index (χ0n) is 8.61. The van der Waals surface area contributed by atoms with E-state index >= 15 is 0 Å². The second kappa shape index (κ2) is 8.36. The van der Waals surface area contributed by atoms with E-state index < -0.39 is 0 Å². The fourth-order valence-electron chi connectivity index (χ4n) is 1.36. The van der Waals surface area contributed by atoms with Crippen molar-refractivity contribution < 1.29 is 4.79 Å². The first-order valence-corrected chi connectivity index (χ1v) is 5.60. The van der Waals surface area contributed by atoms with Gasteiger partial charge in [-0.2, -0.15) is 0 Å². The molecule has 0 aliphatic rings. The smallest absolute Gasteiger partial charge is 0.234 e. The number of hydrogen-bond donors (Lipinski definition) is 1. The van der Waals surface area contributed by atoms with Crippen LogP contribution in [0.1, 0.15) is 39.5 Å². The third kappa shape index (κ3) is 6.88. The highest BCUT2D eigenvalue weighted by molar-refractivity contribution is 6.27. The number of alkyl halides is 1. The molecular formula is C10H20ClNO. The summed E-state index contributed by atoms with van der Waals surface area (Å²) >= 11 is 5.34. The Hall–Kier alpha value is -0.240. The Morgan fingerprint density at radius 2 is 2.00 bits per heavy atom. The lowest BCUT2D eigenvalue weighted by molar-refractivity contribution is -0.118. The van der Waals surface area contributed by atoms with Crippen LogP contribution in [0.25, 0.3) is 0 Å². The van der Waals surface area contributed by atoms with Crippen molar-refractivity contribution in [2.75, 3.05) is 12.4 Å². The minimum Gasteiger partial charge on any atom is -0.355 e. The second-order valence-electron chi connectivity index (χ2n) is 3.31. The summed E-state index contributed by atoms with van der Waals surface area (Å²) in [5.41, 5.74) is 0. The van der Waals surface area contributed by atoms with Gasteiger partial charge >= 0.3 is 0 Å². The van der Waals surface area contributed by atoms with Crippen LogP contribution in [0.2, 0.25) is 0 Å². The quantitative estimate of drug-likeness (QED) is 0.503. The molecule has 0 aliphatic carbocycles. The van der Waals surface area contributed by atoms with E-state index in [4.69, 9.17) is 11.6 Å². The summed E-state index contributed by atoms with van der Waals surface area (Å²) in [5.74, 6) is 0.824. The number of carbonyl (C=O) groups excluding carboxylic acids is 1. The molecule has 0 bridgehead atoms. The molecule has 0 saturated heterocycles. The molecule has 1 amide bonds. The standard InChI is InChI=1S/C10H20ClNO/c1-3-9(4-2)6-5-7-12-10(13)8-11/h9H,3-8H2,1-2H3,(H,12,13). The highest BCUT2D eigenvalue weighted by atomic mass is 35.5. The van der Waals surface area contributed by atoms with Gasteiger partial charge in [0.2, 0.25) is 5.91 Å². The summed E-state index contributed by atoms with van der Waals surface area (Å²) in [4.78, 5) is 10.8. The molecule has 0 aromatic rings. The molecule has 3 heteroatoms. The van der Waals surface area contributed by atoms with Gasteiger partial charge < -0.3 is 5.32 Å². The van der Waals surface area contributed by atoms with Crippen molar-refractivity contribution in [1.82, 2.24) is 5.32 Å². The van der Waals surface area contributed by atoms with Crippen LogP contribution in [0.4, 0.5) is 0 Å². The monoisotopic (exact) mass is 205 g/mol. The zero-order valence-corrected chi connectivity index (χ0v) is 9.36. The van der Waals surface area contributed by atoms with Crippen LogP contribution in [0.3, 0.4) is 0 Å². The topological polar surface area (TPSA) is 29.1 Å². The Labute approximate surface area is 86.0 Å². The number of halogens is 1. The second-order valence-corrected chi connectivity index (χ2v) is 3.58. The molecule has 0 atom stereocenters. The summed E-state index contributed by atoms with van der Waals surface area (Å²) in [6, 6.07) is 0. The van der Waals surface area contributed by atoms with Gasteiger partial charge in [0.25, 0.3) is 0 Å². The summed E-state index contributed by atoms with van der Waals surface area (Å²) in [7, 11) is 0. The van der Waals surface area contributed by atoms with Crippen LogP contribution in [0, 0.1) is 5.92 Å². The summed E-state index contributed by atoms with van der Waals surface area (Å²) in [6.07, 6.45) is 4.74. The third-order valence-corrected chi connectivity index (χ3v) is 2.63. The first kappa shape index (κ1) is 12.8. The van der Waals surface area contributed by atoms with Crippen LogP contribution in [-0.4, -0.2) is 18.3 Å². The van der Waals surface area contributed by atoms with E-state index in [9.17, 15) is 4.79 Å². The highest BCUT2D eigenvalue weighted by Crippen LogP contribution is 2.13. The molecule has 0 aromatic heterocycles. The molecule has 1 N–H and O–H groups in total. The highest BCUT2D eigenvalue weighted by Gasteiger charge is 2.03. The van der Waals surface area contributed by atoms with Crippen molar-refractivity contribution in [2.24, 2.45) is 5.92 Å². The summed E-state index contributed by atoms with van der Waals surface area (Å²) in [5, 5.41) is 2.76. The Balaban J connectivity index is 3.28. The molecule has 0 heterocycles. The molecular weight excluding hydrogens is 186 g/mol. The molecule has 78 valence electrons. The minimum absolute atomic E-state index is 0.0637. The van der Waals surface area contributed by atoms with Gasteiger partial charge in [-0.3, -0.25) is 4.79 Å². The summed E-state index contributed by atoms with van der Waals surface area (Å²) < 4.78 is 0. The van der Waals surface area contributed by atoms with Crippen molar-refractivity contribution in [3.8, 4) is 0 Å². The Morgan fingerprint density at radius 1 is 1.38 bits per heavy atom. The van der Waals surface area contributed by atoms with Crippen molar-refractivity contribution >= 4 is 17.5 Å². The Bertz CT molecular complexity index is 135. The van der Waals surface area contributed by atoms with Crippen LogP contribution in [0.15, 0.2) is 0 Å². The van der Waals surface area contributed by atoms with Gasteiger partial charge in [-0.25, -0.2) is 0 Å². The van der Waals surface area contributed by atoms with Crippen LogP contribution < -0.4 is 5.32 Å². The number of amides is 1. The maximum absolute atomic E-state index is 10.8. The van der Waals surface area contributed by atoms with E-state index in [0.29, 0.717) is 0 Å². The third-order valence-electron chi connectivity index (χ3n) is 2.39. The molecule has 2 nitrogen and oxygen atoms in total. The lowest BCUT2D eigenvalue weighted by Gasteiger charge is -2.11. The Morgan fingerprint density at radius 3 is 2.46 bits per heavy atom. The molecule has 0 spiro atoms. The molecule has 0 aliphatic heterocycles. The number of carbonyl (C=O) groups is 1. The van der Waals surface area contributed by atoms with Gasteiger partial charge in [-0.1, -0.05) is 26.7 Å². The van der Waals surface area contributed by atoms with Gasteiger partial charge in [-0.15, -0.1) is 11.6 Å². The maximum Gasteiger partial charge on any atom is 0.234 e. The van der Waals surface area contributed by atoms with E-state index in [1.54, 1.807) is 0 Å². The average molecular weight is 206 g/mol. The van der Waals surface area contributed by atoms with Gasteiger partial charge in [0.15, 0.2) is 0 Å². The van der Waals surface area contributed by atoms with Crippen molar-refractivity contribution in [3.05, 3.63) is 0 Å². The van der Waals surface area contributed by atoms with Gasteiger partial charge in [-0.05, 0) is 18.8 Å². The Kier molecular flexibility index (Phi) is 8.21. The zero-order chi connectivity index (χ0) is 10.1. The van der Waals surface area contributed by atoms with E-state index in [1.807, 2.05) is 0 Å². The molecule has 0 aromatic carbocycles. The number of nitrogens with one attached hydrogen (secondary N) is 1. The molecule has 0 rings (SSSR count). The lowest BCUT2D eigenvalue weighted by atomic mass is 9.98. The predicted octanol–water partition coefficient (Wildman–Crippen LogP) is 2.56. The molecule has 0 unspecified atom stereocenters. The predicted molar refractivity (Wildman–Crippen MR) is 57.0 cm³/mol. The van der Waals surface area contributed by atoms with Crippen molar-refractivity contribution in [1.29, 1.82) is 0 Å². The van der Waals surface area contributed by atoms with E-state index in [1.165, 1.54) is 19.3 Å². The normalized spacial score (nSPS) is 10.5. The first-order chi connectivity index (χ1) is 6.24. The average Bonchev–Trinajstić information content (AvgIpc) is 2.18. The summed E-state index contributed by atoms with van der Waals surface area (Å²) in [6.45, 7) is 5.19. The minimum atomic E-state index is -0.0637. The number of rotatable bonds is 7. The van der Waals surface area contributed by atoms with E-state index in [2.05, 4.69) is 19.2 Å². The fourth-order valence-corrected chi connectivity index (χ4v) is 1.46. The maximum atomic E-state index is 10.8. The van der Waals surface area contributed by atoms with Crippen molar-refractivity contribution in [2.45, 2.75) is 39.5 Å². The molecule has 0 saturated carbocycles. The van der Waals surface area contributed by atoms with Crippen LogP contribution in [-0.2, 0) is 4.79 Å². The molecule has 13 heavy (non-hydrogen) atoms. The van der Waals surface area contributed by atoms with Gasteiger partial charge in [0.1, 0.15) is 5.88 Å². The number of hydrogen-bond acceptors (Lipinski definition) is 1. The van der Waals surface area contributed by atoms with Gasteiger partial charge in [0, 0.05) is 6.54 Å². The molecule has 0 radical (unpaired) electrons.